The van der Waals surface area contributed by atoms with Crippen LogP contribution in [-0.2, 0) is 19.8 Å². The summed E-state index contributed by atoms with van der Waals surface area (Å²) < 4.78 is 10.1. The lowest BCUT2D eigenvalue weighted by molar-refractivity contribution is -0.134. The minimum absolute atomic E-state index is 0.406. The first-order valence-corrected chi connectivity index (χ1v) is 9.48. The SMILES string of the molecule is COC(=O)/C=C/c1ccc2nc(C3(NC(=O)OC(C)(C)C)CCCC3)[nH]c2c1. The fourth-order valence-corrected chi connectivity index (χ4v) is 3.49. The third-order valence-corrected chi connectivity index (χ3v) is 4.77. The van der Waals surface area contributed by atoms with Crippen molar-refractivity contribution in [3.8, 4) is 0 Å². The van der Waals surface area contributed by atoms with E-state index in [2.05, 4.69) is 15.0 Å². The zero-order chi connectivity index (χ0) is 20.4. The summed E-state index contributed by atoms with van der Waals surface area (Å²) in [6.07, 6.45) is 6.27. The maximum absolute atomic E-state index is 12.4. The van der Waals surface area contributed by atoms with Crippen LogP contribution in [0.3, 0.4) is 0 Å². The highest BCUT2D eigenvalue weighted by Crippen LogP contribution is 2.38. The van der Waals surface area contributed by atoms with Gasteiger partial charge in [0.2, 0.25) is 0 Å². The first-order chi connectivity index (χ1) is 13.2. The molecular formula is C21H27N3O4. The molecule has 7 heteroatoms. The number of methoxy groups -OCH3 is 1. The van der Waals surface area contributed by atoms with Crippen molar-refractivity contribution in [3.63, 3.8) is 0 Å². The van der Waals surface area contributed by atoms with Gasteiger partial charge in [-0.2, -0.15) is 0 Å². The van der Waals surface area contributed by atoms with Crippen molar-refractivity contribution in [3.05, 3.63) is 35.7 Å². The van der Waals surface area contributed by atoms with Crippen LogP contribution < -0.4 is 5.32 Å². The van der Waals surface area contributed by atoms with Crippen LogP contribution in [0.5, 0.6) is 0 Å². The van der Waals surface area contributed by atoms with E-state index in [0.29, 0.717) is 0 Å². The van der Waals surface area contributed by atoms with Crippen LogP contribution in [0.2, 0.25) is 0 Å². The number of nitrogens with one attached hydrogen (secondary N) is 2. The first kappa shape index (κ1) is 19.9. The van der Waals surface area contributed by atoms with Crippen molar-refractivity contribution in [2.45, 2.75) is 57.6 Å². The maximum atomic E-state index is 12.4. The number of benzene rings is 1. The number of rotatable bonds is 4. The third kappa shape index (κ3) is 4.52. The number of imidazole rings is 1. The highest BCUT2D eigenvalue weighted by molar-refractivity contribution is 5.88. The van der Waals surface area contributed by atoms with Gasteiger partial charge >= 0.3 is 12.1 Å². The summed E-state index contributed by atoms with van der Waals surface area (Å²) in [5.74, 6) is 0.330. The number of aromatic nitrogens is 2. The predicted molar refractivity (Wildman–Crippen MR) is 107 cm³/mol. The number of fused-ring (bicyclic) bond motifs is 1. The molecule has 0 saturated heterocycles. The van der Waals surface area contributed by atoms with Gasteiger partial charge in [-0.05, 0) is 57.4 Å². The Balaban J connectivity index is 1.88. The zero-order valence-electron chi connectivity index (χ0n) is 16.8. The second-order valence-electron chi connectivity index (χ2n) is 8.13. The molecule has 1 heterocycles. The minimum Gasteiger partial charge on any atom is -0.466 e. The second-order valence-corrected chi connectivity index (χ2v) is 8.13. The molecule has 3 rings (SSSR count). The van der Waals surface area contributed by atoms with E-state index in [9.17, 15) is 9.59 Å². The minimum atomic E-state index is -0.557. The molecule has 0 aliphatic heterocycles. The Morgan fingerprint density at radius 1 is 1.25 bits per heavy atom. The molecular weight excluding hydrogens is 358 g/mol. The third-order valence-electron chi connectivity index (χ3n) is 4.77. The number of hydrogen-bond acceptors (Lipinski definition) is 5. The van der Waals surface area contributed by atoms with Crippen LogP contribution >= 0.6 is 0 Å². The van der Waals surface area contributed by atoms with E-state index in [1.165, 1.54) is 13.2 Å². The van der Waals surface area contributed by atoms with Crippen molar-refractivity contribution in [2.24, 2.45) is 0 Å². The maximum Gasteiger partial charge on any atom is 0.408 e. The Labute approximate surface area is 164 Å². The molecule has 1 aromatic carbocycles. The highest BCUT2D eigenvalue weighted by Gasteiger charge is 2.41. The lowest BCUT2D eigenvalue weighted by Crippen LogP contribution is -2.46. The van der Waals surface area contributed by atoms with Gasteiger partial charge in [0.05, 0.1) is 18.1 Å². The van der Waals surface area contributed by atoms with Crippen molar-refractivity contribution in [1.29, 1.82) is 0 Å². The van der Waals surface area contributed by atoms with Crippen molar-refractivity contribution in [1.82, 2.24) is 15.3 Å². The van der Waals surface area contributed by atoms with E-state index in [-0.39, 0.29) is 0 Å². The summed E-state index contributed by atoms with van der Waals surface area (Å²) in [6, 6.07) is 5.69. The standard InChI is InChI=1S/C21H27N3O4/c1-20(2,3)28-19(26)24-21(11-5-6-12-21)18-22-15-9-7-14(13-16(15)23-18)8-10-17(25)27-4/h7-10,13H,5-6,11-12H2,1-4H3,(H,22,23)(H,24,26)/b10-8+. The van der Waals surface area contributed by atoms with Gasteiger partial charge in [-0.1, -0.05) is 18.9 Å². The summed E-state index contributed by atoms with van der Waals surface area (Å²) in [4.78, 5) is 31.8. The number of H-pyrrole nitrogens is 1. The van der Waals surface area contributed by atoms with Gasteiger partial charge in [-0.15, -0.1) is 0 Å². The van der Waals surface area contributed by atoms with Crippen LogP contribution in [0.15, 0.2) is 24.3 Å². The molecule has 0 atom stereocenters. The van der Waals surface area contributed by atoms with Crippen LogP contribution in [0, 0.1) is 0 Å². The Hall–Kier alpha value is -2.83. The molecule has 0 radical (unpaired) electrons. The summed E-state index contributed by atoms with van der Waals surface area (Å²) in [5.41, 5.74) is 1.40. The van der Waals surface area contributed by atoms with E-state index in [1.807, 2.05) is 39.0 Å². The van der Waals surface area contributed by atoms with Gasteiger partial charge in [0.25, 0.3) is 0 Å². The van der Waals surface area contributed by atoms with Crippen LogP contribution in [0.4, 0.5) is 4.79 Å². The van der Waals surface area contributed by atoms with Gasteiger partial charge in [0.1, 0.15) is 17.0 Å². The van der Waals surface area contributed by atoms with Crippen molar-refractivity contribution >= 4 is 29.2 Å². The van der Waals surface area contributed by atoms with Crippen molar-refractivity contribution in [2.75, 3.05) is 7.11 Å². The quantitative estimate of drug-likeness (QED) is 0.612. The van der Waals surface area contributed by atoms with Gasteiger partial charge < -0.3 is 19.8 Å². The fourth-order valence-electron chi connectivity index (χ4n) is 3.49. The molecule has 0 unspecified atom stereocenters. The fraction of sp³-hybridized carbons (Fsp3) is 0.476. The van der Waals surface area contributed by atoms with Gasteiger partial charge in [0.15, 0.2) is 0 Å². The first-order valence-electron chi connectivity index (χ1n) is 9.48. The molecule has 1 saturated carbocycles. The number of amides is 1. The number of aromatic amines is 1. The molecule has 2 N–H and O–H groups in total. The molecule has 1 amide bonds. The Morgan fingerprint density at radius 3 is 2.61 bits per heavy atom. The Bertz CT molecular complexity index is 902. The lowest BCUT2D eigenvalue weighted by Gasteiger charge is -2.30. The number of carbonyl (C=O) groups excluding carboxylic acids is 2. The zero-order valence-corrected chi connectivity index (χ0v) is 16.8. The van der Waals surface area contributed by atoms with E-state index in [1.54, 1.807) is 6.08 Å². The number of nitrogens with zero attached hydrogens (tertiary/aromatic N) is 1. The largest absolute Gasteiger partial charge is 0.466 e. The predicted octanol–water partition coefficient (Wildman–Crippen LogP) is 4.04. The average Bonchev–Trinajstić information content (AvgIpc) is 3.24. The molecule has 0 bridgehead atoms. The highest BCUT2D eigenvalue weighted by atomic mass is 16.6. The summed E-state index contributed by atoms with van der Waals surface area (Å²) in [6.45, 7) is 5.54. The molecule has 1 aliphatic rings. The Kier molecular flexibility index (Phi) is 5.45. The monoisotopic (exact) mass is 385 g/mol. The number of carbonyl (C=O) groups is 2. The van der Waals surface area contributed by atoms with E-state index in [0.717, 1.165) is 48.1 Å². The van der Waals surface area contributed by atoms with Gasteiger partial charge in [-0.3, -0.25) is 0 Å². The lowest BCUT2D eigenvalue weighted by atomic mass is 9.97. The van der Waals surface area contributed by atoms with E-state index in [4.69, 9.17) is 9.72 Å². The number of alkyl carbamates (subject to hydrolysis) is 1. The molecule has 150 valence electrons. The van der Waals surface area contributed by atoms with Gasteiger partial charge in [-0.25, -0.2) is 14.6 Å². The van der Waals surface area contributed by atoms with Crippen LogP contribution in [0.25, 0.3) is 17.1 Å². The normalized spacial score (nSPS) is 16.4. The molecule has 1 aliphatic carbocycles. The number of hydrogen-bond donors (Lipinski definition) is 2. The summed E-state index contributed by atoms with van der Waals surface area (Å²) >= 11 is 0. The van der Waals surface area contributed by atoms with Crippen LogP contribution in [0.1, 0.15) is 57.8 Å². The van der Waals surface area contributed by atoms with Gasteiger partial charge in [0, 0.05) is 6.08 Å². The number of ether oxygens (including phenoxy) is 2. The van der Waals surface area contributed by atoms with E-state index < -0.39 is 23.2 Å². The molecule has 2 aromatic rings. The smallest absolute Gasteiger partial charge is 0.408 e. The molecule has 1 aromatic heterocycles. The second kappa shape index (κ2) is 7.66. The van der Waals surface area contributed by atoms with E-state index >= 15 is 0 Å². The topological polar surface area (TPSA) is 93.3 Å². The molecule has 7 nitrogen and oxygen atoms in total. The summed E-state index contributed by atoms with van der Waals surface area (Å²) in [7, 11) is 1.34. The van der Waals surface area contributed by atoms with Crippen LogP contribution in [-0.4, -0.2) is 34.7 Å². The molecule has 1 fully saturated rings. The van der Waals surface area contributed by atoms with Crippen molar-refractivity contribution < 1.29 is 19.1 Å². The number of esters is 1. The summed E-state index contributed by atoms with van der Waals surface area (Å²) in [5, 5.41) is 3.06. The molecule has 28 heavy (non-hydrogen) atoms. The average molecular weight is 385 g/mol. The molecule has 0 spiro atoms. The Morgan fingerprint density at radius 2 is 1.96 bits per heavy atom.